The molecule has 88 valence electrons. The van der Waals surface area contributed by atoms with E-state index in [-0.39, 0.29) is 18.6 Å². The van der Waals surface area contributed by atoms with Gasteiger partial charge in [0.1, 0.15) is 12.6 Å². The fraction of sp³-hybridized carbons (Fsp3) is 0.700. The van der Waals surface area contributed by atoms with Crippen LogP contribution < -0.4 is 5.73 Å². The predicted molar refractivity (Wildman–Crippen MR) is 56.3 cm³/mol. The Hall–Kier alpha value is -1.43. The second kappa shape index (κ2) is 5.07. The lowest BCUT2D eigenvalue weighted by Gasteiger charge is -2.10. The number of nitrogens with zero attached hydrogens (tertiary/aromatic N) is 3. The molecule has 2 N–H and O–H groups in total. The molecule has 2 rings (SSSR count). The molecule has 6 nitrogen and oxygen atoms in total. The number of carbonyl (C=O) groups excluding carboxylic acids is 1. The first-order valence-electron chi connectivity index (χ1n) is 5.56. The van der Waals surface area contributed by atoms with Crippen LogP contribution in [0.5, 0.6) is 0 Å². The minimum Gasteiger partial charge on any atom is -0.461 e. The van der Waals surface area contributed by atoms with E-state index in [0.29, 0.717) is 12.2 Å². The Morgan fingerprint density at radius 3 is 2.94 bits per heavy atom. The van der Waals surface area contributed by atoms with E-state index >= 15 is 0 Å². The van der Waals surface area contributed by atoms with Crippen molar-refractivity contribution in [1.29, 1.82) is 0 Å². The second-order valence-corrected chi connectivity index (χ2v) is 4.01. The molecule has 0 unspecified atom stereocenters. The fourth-order valence-electron chi connectivity index (χ4n) is 1.87. The van der Waals surface area contributed by atoms with Crippen molar-refractivity contribution in [3.63, 3.8) is 0 Å². The van der Waals surface area contributed by atoms with Gasteiger partial charge in [-0.15, -0.1) is 5.10 Å². The summed E-state index contributed by atoms with van der Waals surface area (Å²) in [5.74, 6) is -0.250. The molecule has 0 bridgehead atoms. The van der Waals surface area contributed by atoms with Gasteiger partial charge in [-0.1, -0.05) is 5.21 Å². The highest BCUT2D eigenvalue weighted by atomic mass is 16.5. The van der Waals surface area contributed by atoms with Gasteiger partial charge in [-0.3, -0.25) is 4.79 Å². The van der Waals surface area contributed by atoms with Gasteiger partial charge in [0.2, 0.25) is 0 Å². The lowest BCUT2D eigenvalue weighted by Crippen LogP contribution is -2.19. The number of carbonyl (C=O) groups is 1. The molecule has 1 aliphatic carbocycles. The Bertz CT molecular complexity index is 357. The van der Waals surface area contributed by atoms with Crippen molar-refractivity contribution >= 4 is 5.97 Å². The van der Waals surface area contributed by atoms with Gasteiger partial charge in [0.05, 0.1) is 11.9 Å². The first-order valence-corrected chi connectivity index (χ1v) is 5.56. The maximum absolute atomic E-state index is 11.5. The van der Waals surface area contributed by atoms with Crippen molar-refractivity contribution in [3.8, 4) is 0 Å². The molecule has 1 aromatic rings. The third-order valence-corrected chi connectivity index (χ3v) is 2.69. The average Bonchev–Trinajstić information content (AvgIpc) is 2.89. The van der Waals surface area contributed by atoms with Crippen LogP contribution in [0.2, 0.25) is 0 Å². The monoisotopic (exact) mass is 224 g/mol. The first-order chi connectivity index (χ1) is 7.78. The molecule has 1 saturated carbocycles. The lowest BCUT2D eigenvalue weighted by atomic mass is 10.3. The van der Waals surface area contributed by atoms with Crippen LogP contribution in [0.3, 0.4) is 0 Å². The van der Waals surface area contributed by atoms with Crippen molar-refractivity contribution in [2.75, 3.05) is 0 Å². The number of rotatable bonds is 4. The van der Waals surface area contributed by atoms with Crippen LogP contribution in [-0.4, -0.2) is 27.1 Å². The molecule has 0 radical (unpaired) electrons. The highest BCUT2D eigenvalue weighted by Gasteiger charge is 2.19. The van der Waals surface area contributed by atoms with Gasteiger partial charge >= 0.3 is 5.97 Å². The average molecular weight is 224 g/mol. The van der Waals surface area contributed by atoms with E-state index in [9.17, 15) is 4.79 Å². The normalized spacial score (nSPS) is 16.6. The molecule has 0 spiro atoms. The van der Waals surface area contributed by atoms with Crippen LogP contribution in [0, 0.1) is 0 Å². The molecule has 0 aliphatic heterocycles. The van der Waals surface area contributed by atoms with Gasteiger partial charge in [0, 0.05) is 6.54 Å². The first kappa shape index (κ1) is 11.1. The van der Waals surface area contributed by atoms with Gasteiger partial charge in [0.15, 0.2) is 0 Å². The Morgan fingerprint density at radius 2 is 2.31 bits per heavy atom. The quantitative estimate of drug-likeness (QED) is 0.740. The Morgan fingerprint density at radius 1 is 1.56 bits per heavy atom. The summed E-state index contributed by atoms with van der Waals surface area (Å²) in [4.78, 5) is 11.5. The van der Waals surface area contributed by atoms with Gasteiger partial charge in [0.25, 0.3) is 0 Å². The maximum Gasteiger partial charge on any atom is 0.328 e. The summed E-state index contributed by atoms with van der Waals surface area (Å²) < 4.78 is 6.76. The molecule has 1 aromatic heterocycles. The molecule has 0 atom stereocenters. The van der Waals surface area contributed by atoms with Crippen LogP contribution in [0.25, 0.3) is 0 Å². The lowest BCUT2D eigenvalue weighted by molar-refractivity contribution is -0.149. The third kappa shape index (κ3) is 2.79. The number of nitrogens with two attached hydrogens (primary N) is 1. The molecular formula is C10H16N4O2. The largest absolute Gasteiger partial charge is 0.461 e. The van der Waals surface area contributed by atoms with E-state index in [4.69, 9.17) is 10.5 Å². The summed E-state index contributed by atoms with van der Waals surface area (Å²) in [7, 11) is 0. The summed E-state index contributed by atoms with van der Waals surface area (Å²) in [5, 5.41) is 7.59. The minimum absolute atomic E-state index is 0.102. The van der Waals surface area contributed by atoms with E-state index in [0.717, 1.165) is 25.7 Å². The molecule has 1 heterocycles. The zero-order chi connectivity index (χ0) is 11.4. The number of ether oxygens (including phenoxy) is 1. The van der Waals surface area contributed by atoms with Crippen LogP contribution in [0.4, 0.5) is 0 Å². The fourth-order valence-corrected chi connectivity index (χ4v) is 1.87. The smallest absolute Gasteiger partial charge is 0.328 e. The third-order valence-electron chi connectivity index (χ3n) is 2.69. The molecule has 1 fully saturated rings. The summed E-state index contributed by atoms with van der Waals surface area (Å²) in [6, 6.07) is 0. The van der Waals surface area contributed by atoms with Gasteiger partial charge in [-0.05, 0) is 25.7 Å². The van der Waals surface area contributed by atoms with E-state index in [2.05, 4.69) is 10.3 Å². The van der Waals surface area contributed by atoms with Crippen LogP contribution in [-0.2, 0) is 22.6 Å². The molecule has 0 amide bonds. The highest BCUT2D eigenvalue weighted by Crippen LogP contribution is 2.20. The van der Waals surface area contributed by atoms with Crippen LogP contribution >= 0.6 is 0 Å². The topological polar surface area (TPSA) is 83.0 Å². The van der Waals surface area contributed by atoms with Crippen molar-refractivity contribution in [1.82, 2.24) is 15.0 Å². The van der Waals surface area contributed by atoms with E-state index in [1.54, 1.807) is 6.20 Å². The summed E-state index contributed by atoms with van der Waals surface area (Å²) >= 11 is 0. The Labute approximate surface area is 93.8 Å². The van der Waals surface area contributed by atoms with Crippen molar-refractivity contribution < 1.29 is 9.53 Å². The SMILES string of the molecule is NCc1cn(CC(=O)OC2CCCC2)nn1. The number of hydrogen-bond donors (Lipinski definition) is 1. The standard InChI is InChI=1S/C10H16N4O2/c11-5-8-6-14(13-12-8)7-10(15)16-9-3-1-2-4-9/h6,9H,1-5,7,11H2. The van der Waals surface area contributed by atoms with Gasteiger partial charge in [-0.25, -0.2) is 4.68 Å². The van der Waals surface area contributed by atoms with Gasteiger partial charge in [-0.2, -0.15) is 0 Å². The van der Waals surface area contributed by atoms with E-state index in [1.165, 1.54) is 4.68 Å². The Kier molecular flexibility index (Phi) is 3.51. The summed E-state index contributed by atoms with van der Waals surface area (Å²) in [6.45, 7) is 0.446. The number of hydrogen-bond acceptors (Lipinski definition) is 5. The summed E-state index contributed by atoms with van der Waals surface area (Å²) in [5.41, 5.74) is 6.07. The molecule has 6 heteroatoms. The minimum atomic E-state index is -0.250. The molecule has 0 aromatic carbocycles. The second-order valence-electron chi connectivity index (χ2n) is 4.01. The van der Waals surface area contributed by atoms with Crippen molar-refractivity contribution in [2.24, 2.45) is 5.73 Å². The van der Waals surface area contributed by atoms with Crippen molar-refractivity contribution in [3.05, 3.63) is 11.9 Å². The zero-order valence-electron chi connectivity index (χ0n) is 9.13. The molecule has 0 saturated heterocycles. The molecule has 1 aliphatic rings. The number of esters is 1. The zero-order valence-corrected chi connectivity index (χ0v) is 9.13. The molecule has 16 heavy (non-hydrogen) atoms. The number of aromatic nitrogens is 3. The summed E-state index contributed by atoms with van der Waals surface area (Å²) in [6.07, 6.45) is 6.03. The van der Waals surface area contributed by atoms with E-state index in [1.807, 2.05) is 0 Å². The van der Waals surface area contributed by atoms with Crippen LogP contribution in [0.15, 0.2) is 6.20 Å². The molecular weight excluding hydrogens is 208 g/mol. The van der Waals surface area contributed by atoms with Crippen molar-refractivity contribution in [2.45, 2.75) is 44.9 Å². The Balaban J connectivity index is 1.81. The highest BCUT2D eigenvalue weighted by molar-refractivity contribution is 5.69. The van der Waals surface area contributed by atoms with Crippen LogP contribution in [0.1, 0.15) is 31.4 Å². The van der Waals surface area contributed by atoms with E-state index < -0.39 is 0 Å². The van der Waals surface area contributed by atoms with Gasteiger partial charge < -0.3 is 10.5 Å². The maximum atomic E-state index is 11.5. The predicted octanol–water partition coefficient (Wildman–Crippen LogP) is 0.223.